The van der Waals surface area contributed by atoms with Gasteiger partial charge in [-0.25, -0.2) is 9.79 Å². The zero-order valence-electron chi connectivity index (χ0n) is 17.4. The molecule has 1 fully saturated rings. The van der Waals surface area contributed by atoms with Crippen LogP contribution in [0.25, 0.3) is 0 Å². The molecule has 1 aliphatic rings. The van der Waals surface area contributed by atoms with Crippen LogP contribution in [0.1, 0.15) is 38.8 Å². The molecule has 1 amide bonds. The Labute approximate surface area is 185 Å². The highest BCUT2D eigenvalue weighted by molar-refractivity contribution is 14.0. The first kappa shape index (κ1) is 24.5. The Morgan fingerprint density at radius 2 is 1.89 bits per heavy atom. The van der Waals surface area contributed by atoms with Crippen LogP contribution in [0.2, 0.25) is 0 Å². The van der Waals surface area contributed by atoms with Gasteiger partial charge in [-0.15, -0.1) is 24.0 Å². The molecule has 1 aromatic rings. The van der Waals surface area contributed by atoms with Crippen molar-refractivity contribution in [3.63, 3.8) is 0 Å². The summed E-state index contributed by atoms with van der Waals surface area (Å²) in [5.41, 5.74) is 1.81. The number of nitrogens with one attached hydrogen (secondary N) is 2. The molecule has 1 saturated heterocycles. The number of halogens is 1. The van der Waals surface area contributed by atoms with Crippen molar-refractivity contribution < 1.29 is 14.3 Å². The molecule has 28 heavy (non-hydrogen) atoms. The Balaban J connectivity index is 0.00000392. The Hall–Kier alpha value is -1.55. The molecule has 0 saturated carbocycles. The molecule has 7 nitrogen and oxygen atoms in total. The van der Waals surface area contributed by atoms with Crippen molar-refractivity contribution in [1.29, 1.82) is 0 Å². The fourth-order valence-electron chi connectivity index (χ4n) is 2.73. The van der Waals surface area contributed by atoms with Gasteiger partial charge in [0.2, 0.25) is 0 Å². The maximum absolute atomic E-state index is 12.0. The number of guanidine groups is 1. The lowest BCUT2D eigenvalue weighted by Crippen LogP contribution is -2.63. The van der Waals surface area contributed by atoms with Crippen molar-refractivity contribution in [2.24, 2.45) is 4.99 Å². The molecule has 8 heteroatoms. The number of methoxy groups -OCH3 is 1. The number of carbonyl (C=O) groups is 1. The zero-order chi connectivity index (χ0) is 19.9. The van der Waals surface area contributed by atoms with Gasteiger partial charge in [0.1, 0.15) is 5.60 Å². The first-order valence-corrected chi connectivity index (χ1v) is 9.41. The number of hydrogen-bond donors (Lipinski definition) is 2. The molecule has 0 bridgehead atoms. The van der Waals surface area contributed by atoms with E-state index in [4.69, 9.17) is 9.47 Å². The molecule has 158 valence electrons. The average molecular weight is 504 g/mol. The van der Waals surface area contributed by atoms with E-state index in [0.29, 0.717) is 26.2 Å². The minimum atomic E-state index is -0.471. The highest BCUT2D eigenvalue weighted by Gasteiger charge is 2.34. The summed E-state index contributed by atoms with van der Waals surface area (Å²) in [6.45, 7) is 10.8. The van der Waals surface area contributed by atoms with Gasteiger partial charge in [-0.05, 0) is 38.8 Å². The normalized spacial score (nSPS) is 14.8. The van der Waals surface area contributed by atoms with E-state index in [1.807, 2.05) is 39.8 Å². The Bertz CT molecular complexity index is 655. The number of aliphatic imine (C=N–C) groups is 1. The van der Waals surface area contributed by atoms with Crippen LogP contribution >= 0.6 is 24.0 Å². The summed E-state index contributed by atoms with van der Waals surface area (Å²) >= 11 is 0. The van der Waals surface area contributed by atoms with Gasteiger partial charge >= 0.3 is 6.09 Å². The van der Waals surface area contributed by atoms with Crippen molar-refractivity contribution in [3.8, 4) is 0 Å². The second-order valence-corrected chi connectivity index (χ2v) is 7.62. The van der Waals surface area contributed by atoms with Crippen LogP contribution in [0.5, 0.6) is 0 Å². The molecule has 2 N–H and O–H groups in total. The smallest absolute Gasteiger partial charge is 0.410 e. The van der Waals surface area contributed by atoms with E-state index >= 15 is 0 Å². The quantitative estimate of drug-likeness (QED) is 0.354. The first-order chi connectivity index (χ1) is 12.8. The third-order valence-electron chi connectivity index (χ3n) is 4.04. The lowest BCUT2D eigenvalue weighted by Gasteiger charge is -2.40. The van der Waals surface area contributed by atoms with Crippen LogP contribution in [0.3, 0.4) is 0 Å². The molecular formula is C20H33IN4O3. The summed E-state index contributed by atoms with van der Waals surface area (Å²) < 4.78 is 10.6. The fourth-order valence-corrected chi connectivity index (χ4v) is 2.73. The second-order valence-electron chi connectivity index (χ2n) is 7.62. The molecule has 0 spiro atoms. The number of amides is 1. The summed E-state index contributed by atoms with van der Waals surface area (Å²) in [6, 6.07) is 8.30. The van der Waals surface area contributed by atoms with Gasteiger partial charge in [0, 0.05) is 26.7 Å². The lowest BCUT2D eigenvalue weighted by molar-refractivity contribution is 0.00701. The standard InChI is InChI=1S/C20H32N4O3.HI/c1-6-21-18(22-11-15-9-7-8-10-16(15)14-26-5)23-17-12-24(13-17)19(25)27-20(2,3)4;/h7-10,17H,6,11-14H2,1-5H3,(H2,21,22,23);1H. The second kappa shape index (κ2) is 11.5. The molecule has 0 atom stereocenters. The first-order valence-electron chi connectivity index (χ1n) is 9.41. The predicted octanol–water partition coefficient (Wildman–Crippen LogP) is 3.13. The maximum atomic E-state index is 12.0. The van der Waals surface area contributed by atoms with Gasteiger partial charge in [0.05, 0.1) is 19.2 Å². The van der Waals surface area contributed by atoms with E-state index in [0.717, 1.165) is 23.6 Å². The zero-order valence-corrected chi connectivity index (χ0v) is 19.8. The van der Waals surface area contributed by atoms with E-state index < -0.39 is 5.60 Å². The number of hydrogen-bond acceptors (Lipinski definition) is 4. The summed E-state index contributed by atoms with van der Waals surface area (Å²) in [5, 5.41) is 6.64. The van der Waals surface area contributed by atoms with Crippen molar-refractivity contribution >= 4 is 36.0 Å². The SMILES string of the molecule is CCNC(=NCc1ccccc1COC)NC1CN(C(=O)OC(C)(C)C)C1.I. The maximum Gasteiger partial charge on any atom is 0.410 e. The highest BCUT2D eigenvalue weighted by Crippen LogP contribution is 2.15. The lowest BCUT2D eigenvalue weighted by atomic mass is 10.1. The number of carbonyl (C=O) groups excluding carboxylic acids is 1. The number of benzene rings is 1. The monoisotopic (exact) mass is 504 g/mol. The molecule has 0 unspecified atom stereocenters. The number of ether oxygens (including phenoxy) is 2. The van der Waals surface area contributed by atoms with Crippen LogP contribution < -0.4 is 10.6 Å². The van der Waals surface area contributed by atoms with E-state index in [1.165, 1.54) is 0 Å². The fraction of sp³-hybridized carbons (Fsp3) is 0.600. The van der Waals surface area contributed by atoms with Gasteiger partial charge in [0.15, 0.2) is 5.96 Å². The minimum absolute atomic E-state index is 0. The predicted molar refractivity (Wildman–Crippen MR) is 122 cm³/mol. The molecule has 0 aromatic heterocycles. The molecule has 1 aliphatic heterocycles. The summed E-state index contributed by atoms with van der Waals surface area (Å²) in [5.74, 6) is 0.749. The van der Waals surface area contributed by atoms with E-state index in [9.17, 15) is 4.79 Å². The third-order valence-corrected chi connectivity index (χ3v) is 4.04. The third kappa shape index (κ3) is 7.83. The van der Waals surface area contributed by atoms with Crippen molar-refractivity contribution in [1.82, 2.24) is 15.5 Å². The topological polar surface area (TPSA) is 75.2 Å². The average Bonchev–Trinajstić information content (AvgIpc) is 2.55. The Morgan fingerprint density at radius 3 is 2.46 bits per heavy atom. The minimum Gasteiger partial charge on any atom is -0.444 e. The Kier molecular flexibility index (Phi) is 10.0. The van der Waals surface area contributed by atoms with E-state index in [-0.39, 0.29) is 36.1 Å². The molecule has 1 heterocycles. The van der Waals surface area contributed by atoms with Crippen LogP contribution in [0.15, 0.2) is 29.3 Å². The van der Waals surface area contributed by atoms with E-state index in [1.54, 1.807) is 12.0 Å². The largest absolute Gasteiger partial charge is 0.444 e. The summed E-state index contributed by atoms with van der Waals surface area (Å²) in [7, 11) is 1.69. The van der Waals surface area contributed by atoms with Crippen molar-refractivity contribution in [2.45, 2.75) is 52.5 Å². The molecule has 0 radical (unpaired) electrons. The molecule has 1 aromatic carbocycles. The molecule has 2 rings (SSSR count). The van der Waals surface area contributed by atoms with Crippen LogP contribution in [0, 0.1) is 0 Å². The van der Waals surface area contributed by atoms with Crippen molar-refractivity contribution in [2.75, 3.05) is 26.7 Å². The summed E-state index contributed by atoms with van der Waals surface area (Å²) in [6.07, 6.45) is -0.268. The van der Waals surface area contributed by atoms with Gasteiger partial charge in [-0.3, -0.25) is 0 Å². The Morgan fingerprint density at radius 1 is 1.25 bits per heavy atom. The summed E-state index contributed by atoms with van der Waals surface area (Å²) in [4.78, 5) is 18.4. The van der Waals surface area contributed by atoms with Gasteiger partial charge in [-0.2, -0.15) is 0 Å². The van der Waals surface area contributed by atoms with Gasteiger partial charge < -0.3 is 25.0 Å². The number of likely N-dealkylation sites (tertiary alicyclic amines) is 1. The number of rotatable bonds is 6. The number of nitrogens with zero attached hydrogens (tertiary/aromatic N) is 2. The van der Waals surface area contributed by atoms with Gasteiger partial charge in [-0.1, -0.05) is 24.3 Å². The molecular weight excluding hydrogens is 471 g/mol. The van der Waals surface area contributed by atoms with E-state index in [2.05, 4.69) is 27.8 Å². The van der Waals surface area contributed by atoms with Crippen LogP contribution in [-0.2, 0) is 22.6 Å². The van der Waals surface area contributed by atoms with Gasteiger partial charge in [0.25, 0.3) is 0 Å². The highest BCUT2D eigenvalue weighted by atomic mass is 127. The molecule has 0 aliphatic carbocycles. The van der Waals surface area contributed by atoms with Crippen LogP contribution in [-0.4, -0.2) is 55.3 Å². The van der Waals surface area contributed by atoms with Crippen LogP contribution in [0.4, 0.5) is 4.79 Å². The van der Waals surface area contributed by atoms with Crippen molar-refractivity contribution in [3.05, 3.63) is 35.4 Å².